The van der Waals surface area contributed by atoms with Crippen LogP contribution in [0, 0.1) is 5.41 Å². The summed E-state index contributed by atoms with van der Waals surface area (Å²) in [7, 11) is 1.63. The summed E-state index contributed by atoms with van der Waals surface area (Å²) in [6.07, 6.45) is 0. The number of benzene rings is 1. The number of nitrogens with one attached hydrogen (secondary N) is 1. The van der Waals surface area contributed by atoms with Crippen molar-refractivity contribution in [3.8, 4) is 5.75 Å². The molecule has 0 aliphatic rings. The second-order valence-corrected chi connectivity index (χ2v) is 4.64. The predicted octanol–water partition coefficient (Wildman–Crippen LogP) is 1.90. The molecule has 0 aromatic heterocycles. The second kappa shape index (κ2) is 5.68. The van der Waals surface area contributed by atoms with Crippen LogP contribution in [0.25, 0.3) is 0 Å². The normalized spacial score (nSPS) is 11.2. The van der Waals surface area contributed by atoms with Gasteiger partial charge in [-0.15, -0.1) is 0 Å². The Morgan fingerprint density at radius 3 is 2.76 bits per heavy atom. The Bertz CT molecular complexity index is 388. The highest BCUT2D eigenvalue weighted by Crippen LogP contribution is 2.15. The van der Waals surface area contributed by atoms with Crippen molar-refractivity contribution in [2.24, 2.45) is 5.41 Å². The lowest BCUT2D eigenvalue weighted by atomic mass is 9.94. The van der Waals surface area contributed by atoms with Gasteiger partial charge in [-0.25, -0.2) is 0 Å². The molecule has 4 heteroatoms. The number of carbonyl (C=O) groups is 1. The molecule has 94 valence electrons. The fourth-order valence-corrected chi connectivity index (χ4v) is 1.38. The van der Waals surface area contributed by atoms with Crippen LogP contribution in [0.15, 0.2) is 24.3 Å². The van der Waals surface area contributed by atoms with E-state index in [0.29, 0.717) is 13.1 Å². The van der Waals surface area contributed by atoms with Gasteiger partial charge in [-0.05, 0) is 31.5 Å². The van der Waals surface area contributed by atoms with E-state index in [-0.39, 0.29) is 0 Å². The van der Waals surface area contributed by atoms with Crippen LogP contribution in [0.5, 0.6) is 5.75 Å². The fraction of sp³-hybridized carbons (Fsp3) is 0.462. The van der Waals surface area contributed by atoms with Crippen molar-refractivity contribution >= 4 is 5.97 Å². The topological polar surface area (TPSA) is 58.6 Å². The van der Waals surface area contributed by atoms with E-state index >= 15 is 0 Å². The minimum atomic E-state index is -0.796. The van der Waals surface area contributed by atoms with Crippen LogP contribution in [0.4, 0.5) is 0 Å². The number of methoxy groups -OCH3 is 1. The van der Waals surface area contributed by atoms with E-state index < -0.39 is 11.4 Å². The Kier molecular flexibility index (Phi) is 4.52. The van der Waals surface area contributed by atoms with E-state index in [4.69, 9.17) is 9.84 Å². The van der Waals surface area contributed by atoms with Crippen LogP contribution in [0.3, 0.4) is 0 Å². The van der Waals surface area contributed by atoms with E-state index in [1.807, 2.05) is 24.3 Å². The lowest BCUT2D eigenvalue weighted by Gasteiger charge is -2.19. The summed E-state index contributed by atoms with van der Waals surface area (Å²) in [5.74, 6) is 0.0115. The van der Waals surface area contributed by atoms with Gasteiger partial charge in [0.2, 0.25) is 0 Å². The molecule has 0 unspecified atom stereocenters. The lowest BCUT2D eigenvalue weighted by molar-refractivity contribution is -0.146. The number of carboxylic acid groups (broad SMARTS) is 1. The smallest absolute Gasteiger partial charge is 0.310 e. The lowest BCUT2D eigenvalue weighted by Crippen LogP contribution is -2.35. The standard InChI is InChI=1S/C13H19NO3/c1-13(2,12(15)16)9-14-8-10-5-4-6-11(7-10)17-3/h4-7,14H,8-9H2,1-3H3,(H,15,16). The molecule has 0 radical (unpaired) electrons. The van der Waals surface area contributed by atoms with Crippen LogP contribution in [-0.2, 0) is 11.3 Å². The van der Waals surface area contributed by atoms with Crippen LogP contribution >= 0.6 is 0 Å². The van der Waals surface area contributed by atoms with Gasteiger partial charge in [0.15, 0.2) is 0 Å². The highest BCUT2D eigenvalue weighted by molar-refractivity contribution is 5.73. The van der Waals surface area contributed by atoms with Gasteiger partial charge in [0.25, 0.3) is 0 Å². The zero-order chi connectivity index (χ0) is 12.9. The van der Waals surface area contributed by atoms with Gasteiger partial charge in [-0.1, -0.05) is 12.1 Å². The Balaban J connectivity index is 2.48. The van der Waals surface area contributed by atoms with Crippen molar-refractivity contribution in [1.29, 1.82) is 0 Å². The summed E-state index contributed by atoms with van der Waals surface area (Å²) in [5.41, 5.74) is 0.323. The molecule has 4 nitrogen and oxygen atoms in total. The average Bonchev–Trinajstić information content (AvgIpc) is 2.29. The predicted molar refractivity (Wildman–Crippen MR) is 66.1 cm³/mol. The van der Waals surface area contributed by atoms with Crippen molar-refractivity contribution < 1.29 is 14.6 Å². The van der Waals surface area contributed by atoms with Gasteiger partial charge >= 0.3 is 5.97 Å². The van der Waals surface area contributed by atoms with Crippen molar-refractivity contribution in [1.82, 2.24) is 5.32 Å². The third-order valence-electron chi connectivity index (χ3n) is 2.61. The minimum absolute atomic E-state index is 0.430. The summed E-state index contributed by atoms with van der Waals surface area (Å²) < 4.78 is 5.12. The van der Waals surface area contributed by atoms with Gasteiger partial charge in [0.1, 0.15) is 5.75 Å². The number of ether oxygens (including phenoxy) is 1. The first-order valence-corrected chi connectivity index (χ1v) is 5.53. The SMILES string of the molecule is COc1cccc(CNCC(C)(C)C(=O)O)c1. The summed E-state index contributed by atoms with van der Waals surface area (Å²) in [4.78, 5) is 10.9. The van der Waals surface area contributed by atoms with Crippen LogP contribution < -0.4 is 10.1 Å². The Morgan fingerprint density at radius 1 is 1.47 bits per heavy atom. The van der Waals surface area contributed by atoms with Crippen molar-refractivity contribution in [3.63, 3.8) is 0 Å². The van der Waals surface area contributed by atoms with Gasteiger partial charge in [-0.3, -0.25) is 4.79 Å². The molecule has 0 aliphatic heterocycles. The number of carboxylic acids is 1. The number of hydrogen-bond acceptors (Lipinski definition) is 3. The summed E-state index contributed by atoms with van der Waals surface area (Å²) in [6, 6.07) is 7.70. The van der Waals surface area contributed by atoms with Gasteiger partial charge < -0.3 is 15.2 Å². The Morgan fingerprint density at radius 2 is 2.18 bits per heavy atom. The summed E-state index contributed by atoms with van der Waals surface area (Å²) >= 11 is 0. The molecular formula is C13H19NO3. The Hall–Kier alpha value is -1.55. The zero-order valence-corrected chi connectivity index (χ0v) is 10.5. The molecule has 1 aromatic carbocycles. The van der Waals surface area contributed by atoms with Gasteiger partial charge in [-0.2, -0.15) is 0 Å². The first kappa shape index (κ1) is 13.5. The molecule has 0 amide bonds. The zero-order valence-electron chi connectivity index (χ0n) is 10.5. The first-order chi connectivity index (χ1) is 7.95. The van der Waals surface area contributed by atoms with Crippen LogP contribution in [-0.4, -0.2) is 24.7 Å². The van der Waals surface area contributed by atoms with Gasteiger partial charge in [0, 0.05) is 13.1 Å². The molecule has 0 bridgehead atoms. The monoisotopic (exact) mass is 237 g/mol. The molecule has 0 saturated carbocycles. The molecule has 0 atom stereocenters. The van der Waals surface area contributed by atoms with Crippen LogP contribution in [0.1, 0.15) is 19.4 Å². The van der Waals surface area contributed by atoms with E-state index in [1.54, 1.807) is 21.0 Å². The molecule has 0 heterocycles. The largest absolute Gasteiger partial charge is 0.497 e. The maximum absolute atomic E-state index is 10.9. The molecule has 0 aliphatic carbocycles. The van der Waals surface area contributed by atoms with E-state index in [9.17, 15) is 4.79 Å². The minimum Gasteiger partial charge on any atom is -0.497 e. The highest BCUT2D eigenvalue weighted by atomic mass is 16.5. The highest BCUT2D eigenvalue weighted by Gasteiger charge is 2.26. The molecule has 17 heavy (non-hydrogen) atoms. The molecule has 2 N–H and O–H groups in total. The summed E-state index contributed by atoms with van der Waals surface area (Å²) in [6.45, 7) is 4.47. The molecular weight excluding hydrogens is 218 g/mol. The molecule has 0 spiro atoms. The van der Waals surface area contributed by atoms with Crippen molar-refractivity contribution in [2.75, 3.05) is 13.7 Å². The maximum atomic E-state index is 10.9. The molecule has 1 rings (SSSR count). The van der Waals surface area contributed by atoms with E-state index in [1.165, 1.54) is 0 Å². The fourth-order valence-electron chi connectivity index (χ4n) is 1.38. The quantitative estimate of drug-likeness (QED) is 0.793. The molecule has 0 fully saturated rings. The van der Waals surface area contributed by atoms with Gasteiger partial charge in [0.05, 0.1) is 12.5 Å². The first-order valence-electron chi connectivity index (χ1n) is 5.53. The van der Waals surface area contributed by atoms with Crippen LogP contribution in [0.2, 0.25) is 0 Å². The number of aliphatic carboxylic acids is 1. The average molecular weight is 237 g/mol. The summed E-state index contributed by atoms with van der Waals surface area (Å²) in [5, 5.41) is 12.1. The number of hydrogen-bond donors (Lipinski definition) is 2. The maximum Gasteiger partial charge on any atom is 0.310 e. The number of rotatable bonds is 6. The van der Waals surface area contributed by atoms with E-state index in [0.717, 1.165) is 11.3 Å². The second-order valence-electron chi connectivity index (χ2n) is 4.64. The Labute approximate surface area is 102 Å². The molecule has 0 saturated heterocycles. The van der Waals surface area contributed by atoms with Crippen molar-refractivity contribution in [3.05, 3.63) is 29.8 Å². The van der Waals surface area contributed by atoms with Crippen molar-refractivity contribution in [2.45, 2.75) is 20.4 Å². The molecule has 1 aromatic rings. The van der Waals surface area contributed by atoms with E-state index in [2.05, 4.69) is 5.32 Å². The third kappa shape index (κ3) is 4.07. The third-order valence-corrected chi connectivity index (χ3v) is 2.61.